The minimum absolute atomic E-state index is 0.146. The highest BCUT2D eigenvalue weighted by atomic mass is 32.2. The second-order valence-electron chi connectivity index (χ2n) is 7.12. The molecule has 19 heavy (non-hydrogen) atoms. The minimum atomic E-state index is -0.146. The summed E-state index contributed by atoms with van der Waals surface area (Å²) >= 11 is 1.87. The van der Waals surface area contributed by atoms with Gasteiger partial charge in [0.05, 0.1) is 4.75 Å². The number of hydrogen-bond acceptors (Lipinski definition) is 2. The van der Waals surface area contributed by atoms with E-state index in [1.807, 2.05) is 11.8 Å². The smallest absolute Gasteiger partial charge is 0.136 e. The van der Waals surface area contributed by atoms with Crippen LogP contribution in [-0.4, -0.2) is 11.0 Å². The molecule has 3 fully saturated rings. The number of fused-ring (bicyclic) bond motifs is 1. The van der Waals surface area contributed by atoms with Gasteiger partial charge >= 0.3 is 0 Å². The Morgan fingerprint density at radius 2 is 2.00 bits per heavy atom. The van der Waals surface area contributed by atoms with E-state index in [9.17, 15) is 4.79 Å². The lowest BCUT2D eigenvalue weighted by Crippen LogP contribution is -2.65. The summed E-state index contributed by atoms with van der Waals surface area (Å²) in [5.41, 5.74) is 1.81. The topological polar surface area (TPSA) is 17.1 Å². The Morgan fingerprint density at radius 3 is 2.74 bits per heavy atom. The van der Waals surface area contributed by atoms with Gasteiger partial charge in [-0.25, -0.2) is 0 Å². The first kappa shape index (κ1) is 12.0. The van der Waals surface area contributed by atoms with Crippen molar-refractivity contribution in [1.29, 1.82) is 0 Å². The Kier molecular flexibility index (Phi) is 2.32. The second-order valence-corrected chi connectivity index (χ2v) is 8.48. The molecule has 2 heteroatoms. The summed E-state index contributed by atoms with van der Waals surface area (Å²) < 4.78 is -0.146. The average molecular weight is 272 g/mol. The molecule has 0 saturated heterocycles. The van der Waals surface area contributed by atoms with Gasteiger partial charge in [0.15, 0.2) is 0 Å². The Bertz CT molecular complexity index is 550. The molecule has 0 unspecified atom stereocenters. The standard InChI is InChI=1S/C17H20OS/c1-16(2)12-8-13-7-11-5-3-4-6-14(11)19-17(13,10-18)15(16)9-12/h3-6,10,12-13,15H,7-9H2,1-2H3/t12-,13-,15+,17-/m0/s1. The summed E-state index contributed by atoms with van der Waals surface area (Å²) in [5.74, 6) is 1.96. The molecule has 5 rings (SSSR count). The van der Waals surface area contributed by atoms with E-state index in [1.165, 1.54) is 29.6 Å². The van der Waals surface area contributed by atoms with Crippen LogP contribution in [0, 0.1) is 23.2 Å². The van der Waals surface area contributed by atoms with Crippen molar-refractivity contribution in [3.05, 3.63) is 29.8 Å². The van der Waals surface area contributed by atoms with Crippen LogP contribution >= 0.6 is 11.8 Å². The van der Waals surface area contributed by atoms with E-state index in [1.54, 1.807) is 0 Å². The van der Waals surface area contributed by atoms with Crippen LogP contribution in [0.25, 0.3) is 0 Å². The van der Waals surface area contributed by atoms with Crippen LogP contribution in [0.3, 0.4) is 0 Å². The SMILES string of the molecule is CC1(C)[C@H]2C[C@@H]3Cc4ccccc4S[C@]3(C=O)[C@@H]1C2. The number of benzene rings is 1. The Balaban J connectivity index is 1.81. The fourth-order valence-corrected chi connectivity index (χ4v) is 6.57. The van der Waals surface area contributed by atoms with Gasteiger partial charge in [-0.05, 0) is 54.1 Å². The summed E-state index contributed by atoms with van der Waals surface area (Å²) in [5, 5.41) is 0. The van der Waals surface area contributed by atoms with Crippen LogP contribution in [-0.2, 0) is 11.2 Å². The molecule has 3 saturated carbocycles. The molecule has 1 heterocycles. The van der Waals surface area contributed by atoms with Gasteiger partial charge < -0.3 is 4.79 Å². The van der Waals surface area contributed by atoms with Gasteiger partial charge in [0, 0.05) is 4.90 Å². The molecular weight excluding hydrogens is 252 g/mol. The quantitative estimate of drug-likeness (QED) is 0.720. The Morgan fingerprint density at radius 1 is 1.21 bits per heavy atom. The van der Waals surface area contributed by atoms with Gasteiger partial charge in [-0.15, -0.1) is 11.8 Å². The van der Waals surface area contributed by atoms with Crippen LogP contribution in [0.5, 0.6) is 0 Å². The van der Waals surface area contributed by atoms with E-state index >= 15 is 0 Å². The van der Waals surface area contributed by atoms with E-state index < -0.39 is 0 Å². The van der Waals surface area contributed by atoms with Crippen LogP contribution < -0.4 is 0 Å². The maximum atomic E-state index is 12.0. The zero-order valence-electron chi connectivity index (χ0n) is 11.6. The molecule has 4 atom stereocenters. The van der Waals surface area contributed by atoms with Crippen molar-refractivity contribution in [3.8, 4) is 0 Å². The number of carbonyl (C=O) groups is 1. The molecule has 3 aliphatic carbocycles. The van der Waals surface area contributed by atoms with Crippen molar-refractivity contribution in [1.82, 2.24) is 0 Å². The average Bonchev–Trinajstić information content (AvgIpc) is 2.43. The predicted octanol–water partition coefficient (Wildman–Crippen LogP) is 3.95. The predicted molar refractivity (Wildman–Crippen MR) is 78.3 cm³/mol. The third-order valence-corrected chi connectivity index (χ3v) is 7.82. The number of carbonyl (C=O) groups excluding carboxylic acids is 1. The maximum absolute atomic E-state index is 12.0. The number of rotatable bonds is 1. The van der Waals surface area contributed by atoms with Gasteiger partial charge in [0.25, 0.3) is 0 Å². The summed E-state index contributed by atoms with van der Waals surface area (Å²) in [7, 11) is 0. The van der Waals surface area contributed by atoms with Gasteiger partial charge in [-0.1, -0.05) is 32.0 Å². The number of thioether (sulfide) groups is 1. The van der Waals surface area contributed by atoms with Crippen molar-refractivity contribution in [2.45, 2.75) is 42.8 Å². The summed E-state index contributed by atoms with van der Waals surface area (Å²) in [6.07, 6.45) is 4.91. The minimum Gasteiger partial charge on any atom is -0.302 e. The molecule has 0 aromatic heterocycles. The Hall–Kier alpha value is -0.760. The summed E-state index contributed by atoms with van der Waals surface area (Å²) in [4.78, 5) is 13.4. The molecule has 4 aliphatic rings. The third kappa shape index (κ3) is 1.36. The van der Waals surface area contributed by atoms with Crippen molar-refractivity contribution in [2.75, 3.05) is 0 Å². The lowest BCUT2D eigenvalue weighted by molar-refractivity contribution is -0.140. The second kappa shape index (κ2) is 3.66. The highest BCUT2D eigenvalue weighted by Crippen LogP contribution is 2.70. The maximum Gasteiger partial charge on any atom is 0.136 e. The van der Waals surface area contributed by atoms with E-state index in [0.717, 1.165) is 12.3 Å². The molecule has 1 aromatic carbocycles. The van der Waals surface area contributed by atoms with Crippen molar-refractivity contribution >= 4 is 18.0 Å². The summed E-state index contributed by atoms with van der Waals surface area (Å²) in [6.45, 7) is 4.74. The fourth-order valence-electron chi connectivity index (χ4n) is 4.82. The van der Waals surface area contributed by atoms with E-state index in [-0.39, 0.29) is 4.75 Å². The molecule has 100 valence electrons. The van der Waals surface area contributed by atoms with Crippen LogP contribution in [0.1, 0.15) is 32.3 Å². The van der Waals surface area contributed by atoms with E-state index in [2.05, 4.69) is 38.1 Å². The number of hydrogen-bond donors (Lipinski definition) is 0. The molecular formula is C17H20OS. The lowest BCUT2D eigenvalue weighted by Gasteiger charge is -2.67. The van der Waals surface area contributed by atoms with E-state index in [0.29, 0.717) is 17.3 Å². The summed E-state index contributed by atoms with van der Waals surface area (Å²) in [6, 6.07) is 8.66. The van der Waals surface area contributed by atoms with E-state index in [4.69, 9.17) is 0 Å². The van der Waals surface area contributed by atoms with Crippen LogP contribution in [0.4, 0.5) is 0 Å². The first-order chi connectivity index (χ1) is 9.08. The van der Waals surface area contributed by atoms with Gasteiger partial charge in [-0.2, -0.15) is 0 Å². The van der Waals surface area contributed by atoms with Crippen molar-refractivity contribution < 1.29 is 4.79 Å². The normalized spacial score (nSPS) is 41.7. The monoisotopic (exact) mass is 272 g/mol. The van der Waals surface area contributed by atoms with Crippen molar-refractivity contribution in [3.63, 3.8) is 0 Å². The van der Waals surface area contributed by atoms with Crippen molar-refractivity contribution in [2.24, 2.45) is 23.2 Å². The molecule has 0 spiro atoms. The molecule has 0 radical (unpaired) electrons. The first-order valence-electron chi connectivity index (χ1n) is 7.31. The zero-order valence-corrected chi connectivity index (χ0v) is 12.4. The van der Waals surface area contributed by atoms with Gasteiger partial charge in [0.1, 0.15) is 6.29 Å². The lowest BCUT2D eigenvalue weighted by atomic mass is 9.42. The third-order valence-electron chi connectivity index (χ3n) is 6.13. The van der Waals surface area contributed by atoms with Gasteiger partial charge in [-0.3, -0.25) is 0 Å². The van der Waals surface area contributed by atoms with Gasteiger partial charge in [0.2, 0.25) is 0 Å². The fraction of sp³-hybridized carbons (Fsp3) is 0.588. The molecule has 1 aliphatic heterocycles. The molecule has 1 aromatic rings. The molecule has 2 bridgehead atoms. The van der Waals surface area contributed by atoms with Crippen LogP contribution in [0.2, 0.25) is 0 Å². The zero-order chi connectivity index (χ0) is 13.3. The Labute approximate surface area is 119 Å². The molecule has 0 N–H and O–H groups in total. The largest absolute Gasteiger partial charge is 0.302 e. The van der Waals surface area contributed by atoms with Crippen LogP contribution in [0.15, 0.2) is 29.2 Å². The first-order valence-corrected chi connectivity index (χ1v) is 8.13. The highest BCUT2D eigenvalue weighted by Gasteiger charge is 2.66. The molecule has 1 nitrogen and oxygen atoms in total. The number of aldehydes is 1. The highest BCUT2D eigenvalue weighted by molar-refractivity contribution is 8.01. The molecule has 0 amide bonds.